The molecule has 1 heterocycles. The molecule has 1 unspecified atom stereocenters. The summed E-state index contributed by atoms with van der Waals surface area (Å²) >= 11 is 1.71. The Labute approximate surface area is 101 Å². The van der Waals surface area contributed by atoms with Crippen molar-refractivity contribution in [3.05, 3.63) is 34.5 Å². The van der Waals surface area contributed by atoms with E-state index in [0.29, 0.717) is 6.42 Å². The Morgan fingerprint density at radius 1 is 1.69 bits per heavy atom. The van der Waals surface area contributed by atoms with Crippen LogP contribution >= 0.6 is 11.3 Å². The minimum absolute atomic E-state index is 0.203. The van der Waals surface area contributed by atoms with Crippen LogP contribution in [0.25, 0.3) is 0 Å². The van der Waals surface area contributed by atoms with Crippen molar-refractivity contribution >= 4 is 17.3 Å². The smallest absolute Gasteiger partial charge is 0.312 e. The molecular weight excluding hydrogens is 220 g/mol. The first kappa shape index (κ1) is 13.0. The van der Waals surface area contributed by atoms with E-state index in [-0.39, 0.29) is 11.9 Å². The molecule has 0 aliphatic rings. The van der Waals surface area contributed by atoms with Crippen molar-refractivity contribution in [2.45, 2.75) is 26.2 Å². The summed E-state index contributed by atoms with van der Waals surface area (Å²) in [6.07, 6.45) is 4.58. The Balaban J connectivity index is 2.73. The van der Waals surface area contributed by atoms with Gasteiger partial charge in [-0.1, -0.05) is 19.4 Å². The zero-order valence-corrected chi connectivity index (χ0v) is 10.7. The third-order valence-electron chi connectivity index (χ3n) is 2.55. The molecule has 2 nitrogen and oxygen atoms in total. The quantitative estimate of drug-likeness (QED) is 0.562. The second kappa shape index (κ2) is 6.48. The first-order valence-corrected chi connectivity index (χ1v) is 6.36. The van der Waals surface area contributed by atoms with E-state index >= 15 is 0 Å². The monoisotopic (exact) mass is 238 g/mol. The third-order valence-corrected chi connectivity index (χ3v) is 3.54. The van der Waals surface area contributed by atoms with Crippen LogP contribution in [0.1, 0.15) is 23.8 Å². The molecule has 16 heavy (non-hydrogen) atoms. The molecule has 0 bridgehead atoms. The van der Waals surface area contributed by atoms with Gasteiger partial charge >= 0.3 is 5.97 Å². The van der Waals surface area contributed by atoms with Crippen LogP contribution in [0.5, 0.6) is 0 Å². The molecule has 0 amide bonds. The maximum Gasteiger partial charge on any atom is 0.312 e. The van der Waals surface area contributed by atoms with Crippen molar-refractivity contribution in [2.24, 2.45) is 5.92 Å². The van der Waals surface area contributed by atoms with E-state index in [1.54, 1.807) is 17.4 Å². The van der Waals surface area contributed by atoms with E-state index in [4.69, 9.17) is 4.74 Å². The molecular formula is C13H18O2S. The van der Waals surface area contributed by atoms with Gasteiger partial charge in [-0.05, 0) is 29.9 Å². The highest BCUT2D eigenvalue weighted by molar-refractivity contribution is 7.10. The van der Waals surface area contributed by atoms with E-state index in [1.807, 2.05) is 0 Å². The Hall–Kier alpha value is -1.09. The summed E-state index contributed by atoms with van der Waals surface area (Å²) in [6, 6.07) is 2.14. The summed E-state index contributed by atoms with van der Waals surface area (Å²) in [5.74, 6) is -0.426. The van der Waals surface area contributed by atoms with E-state index in [1.165, 1.54) is 17.6 Å². The molecule has 1 aromatic heterocycles. The summed E-state index contributed by atoms with van der Waals surface area (Å²) in [5.41, 5.74) is 1.35. The van der Waals surface area contributed by atoms with Crippen LogP contribution in [0.15, 0.2) is 24.1 Å². The standard InChI is InChI=1S/C13H18O2S/c1-4-6-11-7-8-16-12(11)9-10(5-2)13(14)15-3/h5,7-8,10H,2,4,6,9H2,1,3H3. The van der Waals surface area contributed by atoms with Crippen LogP contribution in [0.4, 0.5) is 0 Å². The zero-order chi connectivity index (χ0) is 12.0. The SMILES string of the molecule is C=CC(Cc1sccc1CCC)C(=O)OC. The van der Waals surface area contributed by atoms with Crippen LogP contribution in [0.3, 0.4) is 0 Å². The third kappa shape index (κ3) is 3.20. The average molecular weight is 238 g/mol. The number of rotatable bonds is 6. The van der Waals surface area contributed by atoms with Gasteiger partial charge in [-0.25, -0.2) is 0 Å². The first-order valence-electron chi connectivity index (χ1n) is 5.48. The molecule has 1 rings (SSSR count). The zero-order valence-electron chi connectivity index (χ0n) is 9.86. The fraction of sp³-hybridized carbons (Fsp3) is 0.462. The highest BCUT2D eigenvalue weighted by Crippen LogP contribution is 2.23. The summed E-state index contributed by atoms with van der Waals surface area (Å²) in [4.78, 5) is 12.7. The Bertz CT molecular complexity index is 355. The summed E-state index contributed by atoms with van der Waals surface area (Å²) in [5, 5.41) is 2.08. The van der Waals surface area contributed by atoms with Gasteiger partial charge in [0.25, 0.3) is 0 Å². The van der Waals surface area contributed by atoms with Gasteiger partial charge in [0.15, 0.2) is 0 Å². The van der Waals surface area contributed by atoms with E-state index in [0.717, 1.165) is 12.8 Å². The van der Waals surface area contributed by atoms with E-state index in [9.17, 15) is 4.79 Å². The van der Waals surface area contributed by atoms with Gasteiger partial charge in [-0.15, -0.1) is 17.9 Å². The number of carbonyl (C=O) groups excluding carboxylic acids is 1. The maximum atomic E-state index is 11.4. The van der Waals surface area contributed by atoms with Crippen molar-refractivity contribution < 1.29 is 9.53 Å². The molecule has 0 N–H and O–H groups in total. The number of hydrogen-bond donors (Lipinski definition) is 0. The number of carbonyl (C=O) groups is 1. The Kier molecular flexibility index (Phi) is 5.26. The summed E-state index contributed by atoms with van der Waals surface area (Å²) < 4.78 is 4.75. The molecule has 0 saturated heterocycles. The van der Waals surface area contributed by atoms with Gasteiger partial charge in [-0.3, -0.25) is 4.79 Å². The maximum absolute atomic E-state index is 11.4. The van der Waals surface area contributed by atoms with E-state index < -0.39 is 0 Å². The molecule has 0 spiro atoms. The topological polar surface area (TPSA) is 26.3 Å². The lowest BCUT2D eigenvalue weighted by molar-refractivity contribution is -0.143. The number of ether oxygens (including phenoxy) is 1. The van der Waals surface area contributed by atoms with Crippen molar-refractivity contribution in [1.82, 2.24) is 0 Å². The van der Waals surface area contributed by atoms with Crippen molar-refractivity contribution in [3.63, 3.8) is 0 Å². The van der Waals surface area contributed by atoms with Gasteiger partial charge in [0.1, 0.15) is 0 Å². The molecule has 0 aliphatic heterocycles. The van der Waals surface area contributed by atoms with Gasteiger partial charge < -0.3 is 4.74 Å². The number of esters is 1. The lowest BCUT2D eigenvalue weighted by atomic mass is 10.0. The number of thiophene rings is 1. The molecule has 1 atom stereocenters. The lowest BCUT2D eigenvalue weighted by Crippen LogP contribution is -2.16. The van der Waals surface area contributed by atoms with Crippen LogP contribution in [-0.2, 0) is 22.4 Å². The molecule has 88 valence electrons. The normalized spacial score (nSPS) is 12.1. The second-order valence-corrected chi connectivity index (χ2v) is 4.69. The minimum atomic E-state index is -0.223. The Morgan fingerprint density at radius 2 is 2.44 bits per heavy atom. The van der Waals surface area contributed by atoms with Gasteiger partial charge in [-0.2, -0.15) is 0 Å². The van der Waals surface area contributed by atoms with Crippen LogP contribution in [0.2, 0.25) is 0 Å². The molecule has 1 aromatic rings. The molecule has 0 fully saturated rings. The van der Waals surface area contributed by atoms with Crippen LogP contribution in [-0.4, -0.2) is 13.1 Å². The molecule has 0 aliphatic carbocycles. The van der Waals surface area contributed by atoms with Crippen molar-refractivity contribution in [1.29, 1.82) is 0 Å². The van der Waals surface area contributed by atoms with E-state index in [2.05, 4.69) is 24.9 Å². The fourth-order valence-corrected chi connectivity index (χ4v) is 2.65. The molecule has 3 heteroatoms. The minimum Gasteiger partial charge on any atom is -0.469 e. The summed E-state index contributed by atoms with van der Waals surface area (Å²) in [6.45, 7) is 5.85. The van der Waals surface area contributed by atoms with Crippen molar-refractivity contribution in [2.75, 3.05) is 7.11 Å². The van der Waals surface area contributed by atoms with Crippen LogP contribution in [0, 0.1) is 5.92 Å². The predicted molar refractivity (Wildman–Crippen MR) is 67.7 cm³/mol. The highest BCUT2D eigenvalue weighted by Gasteiger charge is 2.17. The van der Waals surface area contributed by atoms with Crippen molar-refractivity contribution in [3.8, 4) is 0 Å². The number of aryl methyl sites for hydroxylation is 1. The van der Waals surface area contributed by atoms with Gasteiger partial charge in [0.2, 0.25) is 0 Å². The molecule has 0 aromatic carbocycles. The lowest BCUT2D eigenvalue weighted by Gasteiger charge is -2.10. The number of methoxy groups -OCH3 is 1. The number of hydrogen-bond acceptors (Lipinski definition) is 3. The first-order chi connectivity index (χ1) is 7.72. The average Bonchev–Trinajstić information content (AvgIpc) is 2.73. The molecule has 0 radical (unpaired) electrons. The predicted octanol–water partition coefficient (Wildman–Crippen LogP) is 3.22. The highest BCUT2D eigenvalue weighted by atomic mass is 32.1. The largest absolute Gasteiger partial charge is 0.469 e. The van der Waals surface area contributed by atoms with Crippen LogP contribution < -0.4 is 0 Å². The van der Waals surface area contributed by atoms with Gasteiger partial charge in [0.05, 0.1) is 13.0 Å². The molecule has 0 saturated carbocycles. The van der Waals surface area contributed by atoms with Gasteiger partial charge in [0, 0.05) is 4.88 Å². The Morgan fingerprint density at radius 3 is 3.00 bits per heavy atom. The summed E-state index contributed by atoms with van der Waals surface area (Å²) in [7, 11) is 1.42. The fourth-order valence-electron chi connectivity index (χ4n) is 1.65. The second-order valence-electron chi connectivity index (χ2n) is 3.69.